The molecule has 0 radical (unpaired) electrons. The highest BCUT2D eigenvalue weighted by atomic mass is 19.1. The number of hydrogen-bond donors (Lipinski definition) is 1. The highest BCUT2D eigenvalue weighted by molar-refractivity contribution is 5.29. The van der Waals surface area contributed by atoms with Gasteiger partial charge in [-0.25, -0.2) is 4.39 Å². The zero-order chi connectivity index (χ0) is 15.6. The maximum Gasteiger partial charge on any atom is 0.126 e. The third-order valence-corrected chi connectivity index (χ3v) is 4.09. The van der Waals surface area contributed by atoms with E-state index in [1.54, 1.807) is 13.0 Å². The Bertz CT molecular complexity index is 616. The Morgan fingerprint density at radius 3 is 2.71 bits per heavy atom. The Morgan fingerprint density at radius 2 is 2.10 bits per heavy atom. The molecular weight excluding hydrogens is 265 g/mol. The molecular formula is C17H24FN3. The lowest BCUT2D eigenvalue weighted by atomic mass is 9.88. The molecule has 0 amide bonds. The van der Waals surface area contributed by atoms with Crippen LogP contribution in [-0.4, -0.2) is 9.78 Å². The highest BCUT2D eigenvalue weighted by Crippen LogP contribution is 2.24. The quantitative estimate of drug-likeness (QED) is 0.911. The largest absolute Gasteiger partial charge is 0.321 e. The van der Waals surface area contributed by atoms with Gasteiger partial charge in [0.2, 0.25) is 0 Å². The molecule has 0 aliphatic heterocycles. The van der Waals surface area contributed by atoms with Crippen LogP contribution in [0.4, 0.5) is 4.39 Å². The fourth-order valence-corrected chi connectivity index (χ4v) is 2.33. The van der Waals surface area contributed by atoms with Crippen LogP contribution in [-0.2, 0) is 12.0 Å². The number of nitrogens with two attached hydrogens (primary N) is 1. The van der Waals surface area contributed by atoms with Crippen LogP contribution in [0.5, 0.6) is 0 Å². The summed E-state index contributed by atoms with van der Waals surface area (Å²) in [5.74, 6) is -0.214. The topological polar surface area (TPSA) is 43.8 Å². The van der Waals surface area contributed by atoms with Gasteiger partial charge in [-0.2, -0.15) is 5.10 Å². The van der Waals surface area contributed by atoms with Crippen molar-refractivity contribution >= 4 is 0 Å². The van der Waals surface area contributed by atoms with E-state index in [9.17, 15) is 4.39 Å². The van der Waals surface area contributed by atoms with Crippen LogP contribution in [0.2, 0.25) is 0 Å². The number of benzene rings is 1. The van der Waals surface area contributed by atoms with Crippen LogP contribution < -0.4 is 5.73 Å². The lowest BCUT2D eigenvalue weighted by Gasteiger charge is -2.24. The Hall–Kier alpha value is -1.68. The lowest BCUT2D eigenvalue weighted by Crippen LogP contribution is -2.35. The van der Waals surface area contributed by atoms with Crippen molar-refractivity contribution in [1.29, 1.82) is 0 Å². The molecule has 21 heavy (non-hydrogen) atoms. The van der Waals surface area contributed by atoms with Crippen LogP contribution in [0.3, 0.4) is 0 Å². The molecule has 4 heteroatoms. The maximum atomic E-state index is 13.7. The van der Waals surface area contributed by atoms with Crippen molar-refractivity contribution in [2.45, 2.75) is 52.1 Å². The predicted octanol–water partition coefficient (Wildman–Crippen LogP) is 3.72. The molecule has 2 aromatic rings. The number of halogens is 1. The number of aromatic nitrogens is 2. The molecule has 0 fully saturated rings. The Labute approximate surface area is 126 Å². The van der Waals surface area contributed by atoms with E-state index < -0.39 is 5.54 Å². The van der Waals surface area contributed by atoms with Gasteiger partial charge < -0.3 is 5.73 Å². The molecule has 0 spiro atoms. The number of aryl methyl sites for hydroxylation is 1. The standard InChI is InChI=1S/C17H24FN3/c1-5-13(3)21-9-8-15(20-21)11-17(4,19)14-7-6-12(2)16(18)10-14/h6-10,13H,5,11,19H2,1-4H3. The van der Waals surface area contributed by atoms with Crippen LogP contribution in [0.15, 0.2) is 30.5 Å². The van der Waals surface area contributed by atoms with Crippen LogP contribution >= 0.6 is 0 Å². The molecule has 3 nitrogen and oxygen atoms in total. The van der Waals surface area contributed by atoms with Crippen molar-refractivity contribution < 1.29 is 4.39 Å². The van der Waals surface area contributed by atoms with E-state index in [2.05, 4.69) is 18.9 Å². The molecule has 0 saturated heterocycles. The van der Waals surface area contributed by atoms with Crippen LogP contribution in [0.25, 0.3) is 0 Å². The molecule has 2 atom stereocenters. The molecule has 0 saturated carbocycles. The van der Waals surface area contributed by atoms with Crippen molar-refractivity contribution in [2.24, 2.45) is 5.73 Å². The van der Waals surface area contributed by atoms with Gasteiger partial charge >= 0.3 is 0 Å². The molecule has 0 aliphatic rings. The lowest BCUT2D eigenvalue weighted by molar-refractivity contribution is 0.450. The summed E-state index contributed by atoms with van der Waals surface area (Å²) in [5.41, 5.74) is 8.12. The molecule has 0 aliphatic carbocycles. The zero-order valence-corrected chi connectivity index (χ0v) is 13.2. The van der Waals surface area contributed by atoms with E-state index >= 15 is 0 Å². The summed E-state index contributed by atoms with van der Waals surface area (Å²) >= 11 is 0. The first-order chi connectivity index (χ1) is 9.83. The average Bonchev–Trinajstić information content (AvgIpc) is 2.88. The minimum absolute atomic E-state index is 0.214. The highest BCUT2D eigenvalue weighted by Gasteiger charge is 2.24. The van der Waals surface area contributed by atoms with Gasteiger partial charge in [0.1, 0.15) is 5.82 Å². The van der Waals surface area contributed by atoms with Gasteiger partial charge in [-0.15, -0.1) is 0 Å². The smallest absolute Gasteiger partial charge is 0.126 e. The average molecular weight is 289 g/mol. The Morgan fingerprint density at radius 1 is 1.38 bits per heavy atom. The maximum absolute atomic E-state index is 13.7. The third kappa shape index (κ3) is 3.50. The Kier molecular flexibility index (Phi) is 4.47. The summed E-state index contributed by atoms with van der Waals surface area (Å²) in [4.78, 5) is 0. The zero-order valence-electron chi connectivity index (χ0n) is 13.2. The molecule has 1 heterocycles. The minimum Gasteiger partial charge on any atom is -0.321 e. The number of nitrogens with zero attached hydrogens (tertiary/aromatic N) is 2. The molecule has 114 valence electrons. The van der Waals surface area contributed by atoms with E-state index in [-0.39, 0.29) is 5.82 Å². The molecule has 1 aromatic heterocycles. The third-order valence-electron chi connectivity index (χ3n) is 4.09. The van der Waals surface area contributed by atoms with E-state index in [1.165, 1.54) is 6.07 Å². The fourth-order valence-electron chi connectivity index (χ4n) is 2.33. The summed E-state index contributed by atoms with van der Waals surface area (Å²) in [6.07, 6.45) is 3.60. The van der Waals surface area contributed by atoms with Crippen molar-refractivity contribution in [1.82, 2.24) is 9.78 Å². The fraction of sp³-hybridized carbons (Fsp3) is 0.471. The second-order valence-corrected chi connectivity index (χ2v) is 6.10. The van der Waals surface area contributed by atoms with Gasteiger partial charge in [-0.05, 0) is 50.5 Å². The molecule has 1 aromatic carbocycles. The van der Waals surface area contributed by atoms with Gasteiger partial charge in [0, 0.05) is 24.2 Å². The second kappa shape index (κ2) is 5.98. The molecule has 2 unspecified atom stereocenters. The van der Waals surface area contributed by atoms with E-state index in [0.717, 1.165) is 17.7 Å². The normalized spacial score (nSPS) is 15.7. The Balaban J connectivity index is 2.20. The van der Waals surface area contributed by atoms with Gasteiger partial charge in [-0.3, -0.25) is 4.68 Å². The monoisotopic (exact) mass is 289 g/mol. The van der Waals surface area contributed by atoms with Crippen molar-refractivity contribution in [3.63, 3.8) is 0 Å². The summed E-state index contributed by atoms with van der Waals surface area (Å²) < 4.78 is 15.7. The minimum atomic E-state index is -0.636. The van der Waals surface area contributed by atoms with E-state index in [0.29, 0.717) is 18.0 Å². The summed E-state index contributed by atoms with van der Waals surface area (Å²) in [7, 11) is 0. The van der Waals surface area contributed by atoms with Gasteiger partial charge in [-0.1, -0.05) is 19.1 Å². The van der Waals surface area contributed by atoms with Crippen LogP contribution in [0, 0.1) is 12.7 Å². The van der Waals surface area contributed by atoms with Gasteiger partial charge in [0.15, 0.2) is 0 Å². The molecule has 2 rings (SSSR count). The number of rotatable bonds is 5. The molecule has 0 bridgehead atoms. The predicted molar refractivity (Wildman–Crippen MR) is 83.6 cm³/mol. The number of hydrogen-bond acceptors (Lipinski definition) is 2. The van der Waals surface area contributed by atoms with E-state index in [4.69, 9.17) is 5.73 Å². The van der Waals surface area contributed by atoms with Crippen molar-refractivity contribution in [3.8, 4) is 0 Å². The second-order valence-electron chi connectivity index (χ2n) is 6.10. The SMILES string of the molecule is CCC(C)n1ccc(CC(C)(N)c2ccc(C)c(F)c2)n1. The summed E-state index contributed by atoms with van der Waals surface area (Å²) in [6, 6.07) is 7.56. The van der Waals surface area contributed by atoms with E-state index in [1.807, 2.05) is 29.9 Å². The first kappa shape index (κ1) is 15.7. The summed E-state index contributed by atoms with van der Waals surface area (Å²) in [5, 5.41) is 4.57. The first-order valence-corrected chi connectivity index (χ1v) is 7.43. The van der Waals surface area contributed by atoms with Gasteiger partial charge in [0.05, 0.1) is 5.69 Å². The molecule has 2 N–H and O–H groups in total. The summed E-state index contributed by atoms with van der Waals surface area (Å²) in [6.45, 7) is 7.93. The van der Waals surface area contributed by atoms with Crippen LogP contribution in [0.1, 0.15) is 50.1 Å². The van der Waals surface area contributed by atoms with Gasteiger partial charge in [0.25, 0.3) is 0 Å². The van der Waals surface area contributed by atoms with Crippen molar-refractivity contribution in [3.05, 3.63) is 53.1 Å². The van der Waals surface area contributed by atoms with Crippen molar-refractivity contribution in [2.75, 3.05) is 0 Å². The first-order valence-electron chi connectivity index (χ1n) is 7.43.